The Morgan fingerprint density at radius 3 is 2.60 bits per heavy atom. The first kappa shape index (κ1) is 14.0. The molecule has 0 bridgehead atoms. The molecule has 0 saturated carbocycles. The van der Waals surface area contributed by atoms with Crippen molar-refractivity contribution in [3.8, 4) is 0 Å². The Kier molecular flexibility index (Phi) is 4.02. The van der Waals surface area contributed by atoms with Gasteiger partial charge in [-0.25, -0.2) is 0 Å². The summed E-state index contributed by atoms with van der Waals surface area (Å²) >= 11 is 0. The van der Waals surface area contributed by atoms with Gasteiger partial charge < -0.3 is 15.7 Å². The number of likely N-dealkylation sites (tertiary alicyclic amines) is 1. The molecule has 1 aliphatic heterocycles. The summed E-state index contributed by atoms with van der Waals surface area (Å²) in [5.41, 5.74) is 5.80. The van der Waals surface area contributed by atoms with Gasteiger partial charge in [0.05, 0.1) is 5.92 Å². The lowest BCUT2D eigenvalue weighted by Gasteiger charge is -2.30. The number of aliphatic carboxylic acids is 1. The molecule has 0 aromatic heterocycles. The molecule has 1 unspecified atom stereocenters. The summed E-state index contributed by atoms with van der Waals surface area (Å²) < 4.78 is 0. The Labute approximate surface area is 116 Å². The SMILES string of the molecule is NC(=O)c1cccc(C(=O)N2CCCC(C(=O)O)C2)c1. The van der Waals surface area contributed by atoms with Gasteiger partial charge in [0.25, 0.3) is 5.91 Å². The van der Waals surface area contributed by atoms with E-state index >= 15 is 0 Å². The van der Waals surface area contributed by atoms with E-state index in [1.807, 2.05) is 0 Å². The van der Waals surface area contributed by atoms with Crippen molar-refractivity contribution in [3.05, 3.63) is 35.4 Å². The van der Waals surface area contributed by atoms with Crippen molar-refractivity contribution in [1.29, 1.82) is 0 Å². The third kappa shape index (κ3) is 2.96. The van der Waals surface area contributed by atoms with E-state index in [9.17, 15) is 14.4 Å². The number of primary amides is 1. The van der Waals surface area contributed by atoms with E-state index in [1.165, 1.54) is 17.0 Å². The topological polar surface area (TPSA) is 101 Å². The van der Waals surface area contributed by atoms with Crippen molar-refractivity contribution in [1.82, 2.24) is 4.90 Å². The van der Waals surface area contributed by atoms with Gasteiger partial charge in [0, 0.05) is 24.2 Å². The van der Waals surface area contributed by atoms with Crippen molar-refractivity contribution in [2.24, 2.45) is 11.7 Å². The number of nitrogens with two attached hydrogens (primary N) is 1. The average Bonchev–Trinajstić information content (AvgIpc) is 2.46. The molecule has 0 aliphatic carbocycles. The third-order valence-corrected chi connectivity index (χ3v) is 3.45. The van der Waals surface area contributed by atoms with E-state index in [2.05, 4.69) is 0 Å². The molecule has 0 radical (unpaired) electrons. The van der Waals surface area contributed by atoms with Crippen LogP contribution in [0.4, 0.5) is 0 Å². The summed E-state index contributed by atoms with van der Waals surface area (Å²) in [6.45, 7) is 0.735. The van der Waals surface area contributed by atoms with Crippen LogP contribution in [0.15, 0.2) is 24.3 Å². The minimum absolute atomic E-state index is 0.203. The van der Waals surface area contributed by atoms with Gasteiger partial charge in [0.1, 0.15) is 0 Å². The Morgan fingerprint density at radius 1 is 1.25 bits per heavy atom. The molecular formula is C14H16N2O4. The van der Waals surface area contributed by atoms with Gasteiger partial charge in [-0.15, -0.1) is 0 Å². The lowest BCUT2D eigenvalue weighted by molar-refractivity contribution is -0.143. The number of rotatable bonds is 3. The smallest absolute Gasteiger partial charge is 0.308 e. The molecule has 20 heavy (non-hydrogen) atoms. The molecule has 1 aromatic carbocycles. The highest BCUT2D eigenvalue weighted by atomic mass is 16.4. The largest absolute Gasteiger partial charge is 0.481 e. The van der Waals surface area contributed by atoms with Crippen molar-refractivity contribution in [2.75, 3.05) is 13.1 Å². The van der Waals surface area contributed by atoms with Crippen molar-refractivity contribution in [2.45, 2.75) is 12.8 Å². The van der Waals surface area contributed by atoms with Crippen molar-refractivity contribution < 1.29 is 19.5 Å². The number of carbonyl (C=O) groups excluding carboxylic acids is 2. The molecule has 1 aromatic rings. The van der Waals surface area contributed by atoms with Crippen molar-refractivity contribution >= 4 is 17.8 Å². The van der Waals surface area contributed by atoms with Crippen LogP contribution in [-0.4, -0.2) is 40.9 Å². The van der Waals surface area contributed by atoms with Gasteiger partial charge in [0.2, 0.25) is 5.91 Å². The summed E-state index contributed by atoms with van der Waals surface area (Å²) in [4.78, 5) is 36.0. The number of benzene rings is 1. The van der Waals surface area contributed by atoms with Crippen molar-refractivity contribution in [3.63, 3.8) is 0 Å². The molecule has 1 fully saturated rings. The highest BCUT2D eigenvalue weighted by Gasteiger charge is 2.28. The predicted molar refractivity (Wildman–Crippen MR) is 71.2 cm³/mol. The summed E-state index contributed by atoms with van der Waals surface area (Å²) in [6, 6.07) is 6.16. The fourth-order valence-corrected chi connectivity index (χ4v) is 2.35. The number of carboxylic acids is 1. The summed E-state index contributed by atoms with van der Waals surface area (Å²) in [6.07, 6.45) is 1.25. The summed E-state index contributed by atoms with van der Waals surface area (Å²) in [7, 11) is 0. The number of hydrogen-bond donors (Lipinski definition) is 2. The average molecular weight is 276 g/mol. The number of amides is 2. The molecule has 6 nitrogen and oxygen atoms in total. The second-order valence-electron chi connectivity index (χ2n) is 4.87. The first-order valence-electron chi connectivity index (χ1n) is 6.41. The van der Waals surface area contributed by atoms with E-state index in [1.54, 1.807) is 12.1 Å². The zero-order valence-electron chi connectivity index (χ0n) is 10.9. The van der Waals surface area contributed by atoms with Gasteiger partial charge in [-0.2, -0.15) is 0 Å². The zero-order valence-corrected chi connectivity index (χ0v) is 10.9. The lowest BCUT2D eigenvalue weighted by atomic mass is 9.97. The normalized spacial score (nSPS) is 18.6. The highest BCUT2D eigenvalue weighted by Crippen LogP contribution is 2.19. The highest BCUT2D eigenvalue weighted by molar-refractivity contribution is 5.99. The predicted octanol–water partition coefficient (Wildman–Crippen LogP) is 0.722. The van der Waals surface area contributed by atoms with Gasteiger partial charge in [-0.1, -0.05) is 6.07 Å². The van der Waals surface area contributed by atoms with E-state index in [0.29, 0.717) is 24.9 Å². The second-order valence-corrected chi connectivity index (χ2v) is 4.87. The molecule has 6 heteroatoms. The second kappa shape index (κ2) is 5.73. The van der Waals surface area contributed by atoms with E-state index < -0.39 is 17.8 Å². The minimum atomic E-state index is -0.881. The van der Waals surface area contributed by atoms with Crippen LogP contribution in [0.25, 0.3) is 0 Å². The van der Waals surface area contributed by atoms with E-state index in [0.717, 1.165) is 0 Å². The maximum absolute atomic E-state index is 12.3. The molecule has 2 amide bonds. The fraction of sp³-hybridized carbons (Fsp3) is 0.357. The van der Waals surface area contributed by atoms with Crippen LogP contribution in [0.3, 0.4) is 0 Å². The number of carbonyl (C=O) groups is 3. The van der Waals surface area contributed by atoms with E-state index in [-0.39, 0.29) is 18.0 Å². The molecule has 1 atom stereocenters. The number of carboxylic acid groups (broad SMARTS) is 1. The van der Waals surface area contributed by atoms with Gasteiger partial charge in [0.15, 0.2) is 0 Å². The molecule has 3 N–H and O–H groups in total. The zero-order chi connectivity index (χ0) is 14.7. The minimum Gasteiger partial charge on any atom is -0.481 e. The Balaban J connectivity index is 2.16. The monoisotopic (exact) mass is 276 g/mol. The van der Waals surface area contributed by atoms with Crippen LogP contribution in [0.1, 0.15) is 33.6 Å². The Bertz CT molecular complexity index is 556. The lowest BCUT2D eigenvalue weighted by Crippen LogP contribution is -2.42. The summed E-state index contributed by atoms with van der Waals surface area (Å²) in [5.74, 6) is -2.26. The maximum Gasteiger partial charge on any atom is 0.308 e. The molecule has 0 spiro atoms. The van der Waals surface area contributed by atoms with Crippen LogP contribution < -0.4 is 5.73 Å². The molecule has 2 rings (SSSR count). The molecular weight excluding hydrogens is 260 g/mol. The quantitative estimate of drug-likeness (QED) is 0.849. The first-order chi connectivity index (χ1) is 9.49. The molecule has 106 valence electrons. The van der Waals surface area contributed by atoms with Gasteiger partial charge in [-0.3, -0.25) is 14.4 Å². The first-order valence-corrected chi connectivity index (χ1v) is 6.41. The van der Waals surface area contributed by atoms with Crippen LogP contribution in [0.5, 0.6) is 0 Å². The number of piperidine rings is 1. The van der Waals surface area contributed by atoms with E-state index in [4.69, 9.17) is 10.8 Å². The fourth-order valence-electron chi connectivity index (χ4n) is 2.35. The number of hydrogen-bond acceptors (Lipinski definition) is 3. The third-order valence-electron chi connectivity index (χ3n) is 3.45. The standard InChI is InChI=1S/C14H16N2O4/c15-12(17)9-3-1-4-10(7-9)13(18)16-6-2-5-11(8-16)14(19)20/h1,3-4,7,11H,2,5-6,8H2,(H2,15,17)(H,19,20). The molecule has 1 heterocycles. The van der Waals surface area contributed by atoms with Crippen LogP contribution in [-0.2, 0) is 4.79 Å². The Hall–Kier alpha value is -2.37. The molecule has 1 saturated heterocycles. The summed E-state index contributed by atoms with van der Waals surface area (Å²) in [5, 5.41) is 9.03. The van der Waals surface area contributed by atoms with Crippen LogP contribution in [0.2, 0.25) is 0 Å². The van der Waals surface area contributed by atoms with Gasteiger partial charge in [-0.05, 0) is 31.0 Å². The van der Waals surface area contributed by atoms with Crippen LogP contribution >= 0.6 is 0 Å². The Morgan fingerprint density at radius 2 is 1.95 bits per heavy atom. The molecule has 1 aliphatic rings. The maximum atomic E-state index is 12.3. The van der Waals surface area contributed by atoms with Crippen LogP contribution in [0, 0.1) is 5.92 Å². The number of nitrogens with zero attached hydrogens (tertiary/aromatic N) is 1. The van der Waals surface area contributed by atoms with Gasteiger partial charge >= 0.3 is 5.97 Å².